The van der Waals surface area contributed by atoms with E-state index in [1.54, 1.807) is 0 Å². The number of hydrogen-bond acceptors (Lipinski definition) is 3. The van der Waals surface area contributed by atoms with Gasteiger partial charge in [-0.05, 0) is 111 Å². The van der Waals surface area contributed by atoms with Crippen LogP contribution in [0, 0.1) is 0 Å². The minimum absolute atomic E-state index is 0.493. The molecular weight excluding hydrogens is 699 g/mol. The van der Waals surface area contributed by atoms with Crippen LogP contribution in [0.3, 0.4) is 0 Å². The molecule has 0 saturated heterocycles. The first-order valence-corrected chi connectivity index (χ1v) is 20.0. The Morgan fingerprint density at radius 1 is 0.411 bits per heavy atom. The van der Waals surface area contributed by atoms with Gasteiger partial charge in [-0.1, -0.05) is 133 Å². The summed E-state index contributed by atoms with van der Waals surface area (Å²) in [5.74, 6) is 1.83. The molecule has 262 valence electrons. The highest BCUT2D eigenvalue weighted by Gasteiger charge is 2.51. The average Bonchev–Trinajstić information content (AvgIpc) is 3.77. The van der Waals surface area contributed by atoms with E-state index in [-0.39, 0.29) is 0 Å². The van der Waals surface area contributed by atoms with Gasteiger partial charge in [0.15, 0.2) is 0 Å². The second-order valence-electron chi connectivity index (χ2n) is 14.8. The Morgan fingerprint density at radius 2 is 1.05 bits per heavy atom. The molecule has 10 aromatic rings. The molecule has 2 aliphatic rings. The Hall–Kier alpha value is -6.94. The van der Waals surface area contributed by atoms with Gasteiger partial charge in [-0.2, -0.15) is 0 Å². The molecule has 9 aromatic carbocycles. The van der Waals surface area contributed by atoms with E-state index < -0.39 is 5.41 Å². The van der Waals surface area contributed by atoms with Crippen LogP contribution < -0.4 is 9.64 Å². The van der Waals surface area contributed by atoms with Crippen molar-refractivity contribution in [2.75, 3.05) is 4.90 Å². The van der Waals surface area contributed by atoms with Crippen LogP contribution in [0.15, 0.2) is 200 Å². The van der Waals surface area contributed by atoms with Gasteiger partial charge < -0.3 is 9.64 Å². The fraction of sp³-hybridized carbons (Fsp3) is 0.0189. The molecule has 0 unspecified atom stereocenters. The Balaban J connectivity index is 1.08. The lowest BCUT2D eigenvalue weighted by Crippen LogP contribution is -2.32. The van der Waals surface area contributed by atoms with Crippen molar-refractivity contribution in [1.29, 1.82) is 0 Å². The first kappa shape index (κ1) is 31.4. The molecule has 0 atom stereocenters. The summed E-state index contributed by atoms with van der Waals surface area (Å²) in [5.41, 5.74) is 12.9. The number of nitrogens with zero attached hydrogens (tertiary/aromatic N) is 1. The van der Waals surface area contributed by atoms with E-state index in [4.69, 9.17) is 4.74 Å². The molecule has 1 aliphatic heterocycles. The topological polar surface area (TPSA) is 12.5 Å². The molecule has 2 heterocycles. The van der Waals surface area contributed by atoms with Gasteiger partial charge in [0.05, 0.1) is 11.1 Å². The summed E-state index contributed by atoms with van der Waals surface area (Å²) in [6, 6.07) is 73.0. The summed E-state index contributed by atoms with van der Waals surface area (Å²) in [7, 11) is 0. The summed E-state index contributed by atoms with van der Waals surface area (Å²) in [6.07, 6.45) is 0. The highest BCUT2D eigenvalue weighted by Crippen LogP contribution is 2.63. The van der Waals surface area contributed by atoms with Crippen LogP contribution in [0.5, 0.6) is 11.5 Å². The molecule has 2 nitrogen and oxygen atoms in total. The molecule has 1 aromatic heterocycles. The van der Waals surface area contributed by atoms with Crippen LogP contribution >= 0.6 is 11.3 Å². The van der Waals surface area contributed by atoms with E-state index in [9.17, 15) is 0 Å². The first-order valence-electron chi connectivity index (χ1n) is 19.2. The largest absolute Gasteiger partial charge is 0.457 e. The second-order valence-corrected chi connectivity index (χ2v) is 15.9. The molecule has 12 rings (SSSR count). The van der Waals surface area contributed by atoms with E-state index in [1.807, 2.05) is 11.3 Å². The minimum atomic E-state index is -0.493. The zero-order valence-electron chi connectivity index (χ0n) is 30.3. The van der Waals surface area contributed by atoms with Crippen molar-refractivity contribution in [3.63, 3.8) is 0 Å². The standard InChI is InChI=1S/C53H33NOS/c1-2-15-38(16-3-1)54(39-29-27-35(28-30-39)37-26-25-34-13-4-5-14-36(34)31-37)47-21-12-24-50-52(47)42-32-41-40-17-6-7-18-43(40)53(46(41)33-51(42)56-50)44-19-8-10-22-48(44)55-49-23-11-9-20-45(49)53/h1-33H. The van der Waals surface area contributed by atoms with E-state index in [2.05, 4.69) is 205 Å². The van der Waals surface area contributed by atoms with Crippen molar-refractivity contribution in [1.82, 2.24) is 0 Å². The smallest absolute Gasteiger partial charge is 0.132 e. The van der Waals surface area contributed by atoms with Crippen LogP contribution in [0.1, 0.15) is 22.3 Å². The van der Waals surface area contributed by atoms with Crippen LogP contribution in [0.4, 0.5) is 17.1 Å². The summed E-state index contributed by atoms with van der Waals surface area (Å²) in [4.78, 5) is 2.42. The maximum atomic E-state index is 6.60. The molecule has 56 heavy (non-hydrogen) atoms. The number of para-hydroxylation sites is 3. The van der Waals surface area contributed by atoms with Crippen LogP contribution in [-0.2, 0) is 5.41 Å². The van der Waals surface area contributed by atoms with Gasteiger partial charge in [0.1, 0.15) is 11.5 Å². The SMILES string of the molecule is c1ccc(N(c2ccc(-c3ccc4ccccc4c3)cc2)c2cccc3sc4cc5c(cc4c23)-c2ccccc2C52c3ccccc3Oc3ccccc32)cc1. The van der Waals surface area contributed by atoms with Crippen molar-refractivity contribution in [3.8, 4) is 33.8 Å². The minimum Gasteiger partial charge on any atom is -0.457 e. The molecule has 1 aliphatic carbocycles. The second kappa shape index (κ2) is 12.0. The van der Waals surface area contributed by atoms with Gasteiger partial charge in [-0.3, -0.25) is 0 Å². The number of fused-ring (bicyclic) bond motifs is 13. The third-order valence-corrected chi connectivity index (χ3v) is 13.0. The van der Waals surface area contributed by atoms with Crippen LogP contribution in [0.25, 0.3) is 53.2 Å². The number of ether oxygens (including phenoxy) is 1. The van der Waals surface area contributed by atoms with Crippen molar-refractivity contribution in [2.24, 2.45) is 0 Å². The fourth-order valence-corrected chi connectivity index (χ4v) is 10.7. The van der Waals surface area contributed by atoms with Gasteiger partial charge in [0, 0.05) is 42.7 Å². The predicted molar refractivity (Wildman–Crippen MR) is 234 cm³/mol. The summed E-state index contributed by atoms with van der Waals surface area (Å²) in [5, 5.41) is 5.05. The lowest BCUT2D eigenvalue weighted by Gasteiger charge is -2.39. The van der Waals surface area contributed by atoms with Crippen molar-refractivity contribution in [2.45, 2.75) is 5.41 Å². The Labute approximate surface area is 329 Å². The molecule has 0 amide bonds. The van der Waals surface area contributed by atoms with E-state index >= 15 is 0 Å². The number of hydrogen-bond donors (Lipinski definition) is 0. The first-order chi connectivity index (χ1) is 27.8. The van der Waals surface area contributed by atoms with Crippen molar-refractivity contribution in [3.05, 3.63) is 222 Å². The lowest BCUT2D eigenvalue weighted by molar-refractivity contribution is 0.436. The Morgan fingerprint density at radius 3 is 1.84 bits per heavy atom. The van der Waals surface area contributed by atoms with Gasteiger partial charge in [-0.25, -0.2) is 0 Å². The molecule has 0 bridgehead atoms. The van der Waals surface area contributed by atoms with Crippen LogP contribution in [-0.4, -0.2) is 0 Å². The Bertz CT molecular complexity index is 3130. The summed E-state index contributed by atoms with van der Waals surface area (Å²) >= 11 is 1.88. The number of anilines is 3. The molecular formula is C53H33NOS. The molecule has 0 N–H and O–H groups in total. The monoisotopic (exact) mass is 731 g/mol. The third-order valence-electron chi connectivity index (χ3n) is 11.9. The van der Waals surface area contributed by atoms with E-state index in [0.29, 0.717) is 0 Å². The normalized spacial score (nSPS) is 13.3. The molecule has 0 radical (unpaired) electrons. The average molecular weight is 732 g/mol. The Kier molecular flexibility index (Phi) is 6.75. The van der Waals surface area contributed by atoms with Gasteiger partial charge in [0.2, 0.25) is 0 Å². The molecule has 0 saturated carbocycles. The maximum Gasteiger partial charge on any atom is 0.132 e. The summed E-state index contributed by atoms with van der Waals surface area (Å²) < 4.78 is 9.15. The van der Waals surface area contributed by atoms with Gasteiger partial charge >= 0.3 is 0 Å². The molecule has 0 fully saturated rings. The van der Waals surface area contributed by atoms with Crippen molar-refractivity contribution < 1.29 is 4.74 Å². The third kappa shape index (κ3) is 4.43. The quantitative estimate of drug-likeness (QED) is 0.179. The molecule has 1 spiro atoms. The predicted octanol–water partition coefficient (Wildman–Crippen LogP) is 14.8. The highest BCUT2D eigenvalue weighted by atomic mass is 32.1. The number of benzene rings is 9. The van der Waals surface area contributed by atoms with E-state index in [1.165, 1.54) is 81.1 Å². The van der Waals surface area contributed by atoms with E-state index in [0.717, 1.165) is 22.9 Å². The van der Waals surface area contributed by atoms with Crippen LogP contribution in [0.2, 0.25) is 0 Å². The molecule has 3 heteroatoms. The van der Waals surface area contributed by atoms with Gasteiger partial charge in [-0.15, -0.1) is 11.3 Å². The van der Waals surface area contributed by atoms with Crippen molar-refractivity contribution >= 4 is 59.3 Å². The highest BCUT2D eigenvalue weighted by molar-refractivity contribution is 7.26. The lowest BCUT2D eigenvalue weighted by atomic mass is 9.66. The maximum absolute atomic E-state index is 6.60. The fourth-order valence-electron chi connectivity index (χ4n) is 9.51. The van der Waals surface area contributed by atoms with Gasteiger partial charge in [0.25, 0.3) is 0 Å². The zero-order valence-corrected chi connectivity index (χ0v) is 31.1. The summed E-state index contributed by atoms with van der Waals surface area (Å²) in [6.45, 7) is 0. The number of rotatable bonds is 4. The zero-order chi connectivity index (χ0) is 36.8. The number of thiophene rings is 1.